The first kappa shape index (κ1) is 23.7. The van der Waals surface area contributed by atoms with Crippen LogP contribution < -0.4 is 15.5 Å². The van der Waals surface area contributed by atoms with Gasteiger partial charge < -0.3 is 10.1 Å². The highest BCUT2D eigenvalue weighted by Gasteiger charge is 2.10. The van der Waals surface area contributed by atoms with Crippen molar-refractivity contribution >= 4 is 55.6 Å². The largest absolute Gasteiger partial charge is 0.483 e. The van der Waals surface area contributed by atoms with Crippen molar-refractivity contribution in [3.8, 4) is 5.75 Å². The summed E-state index contributed by atoms with van der Waals surface area (Å²) in [6.45, 7) is 3.78. The fraction of sp³-hybridized carbons (Fsp3) is 0.125. The van der Waals surface area contributed by atoms with E-state index in [2.05, 4.69) is 47.7 Å². The third kappa shape index (κ3) is 6.51. The molecule has 0 heterocycles. The quantitative estimate of drug-likeness (QED) is 0.292. The number of hydrogen-bond acceptors (Lipinski definition) is 4. The van der Waals surface area contributed by atoms with Crippen LogP contribution in [-0.4, -0.2) is 24.6 Å². The van der Waals surface area contributed by atoms with E-state index in [1.165, 1.54) is 6.21 Å². The normalized spacial score (nSPS) is 10.8. The lowest BCUT2D eigenvalue weighted by molar-refractivity contribution is -0.118. The topological polar surface area (TPSA) is 79.8 Å². The van der Waals surface area contributed by atoms with Crippen molar-refractivity contribution in [2.45, 2.75) is 13.8 Å². The van der Waals surface area contributed by atoms with Crippen molar-refractivity contribution in [3.05, 3.63) is 91.9 Å². The molecule has 0 aromatic heterocycles. The van der Waals surface area contributed by atoms with E-state index in [4.69, 9.17) is 4.74 Å². The third-order valence-electron chi connectivity index (χ3n) is 4.69. The van der Waals surface area contributed by atoms with Crippen LogP contribution in [-0.2, 0) is 4.79 Å². The molecule has 0 radical (unpaired) electrons. The molecule has 0 saturated heterocycles. The molecule has 0 bridgehead atoms. The molecule has 0 aliphatic heterocycles. The zero-order valence-corrected chi connectivity index (χ0v) is 20.7. The first-order chi connectivity index (χ1) is 15.3. The Kier molecular flexibility index (Phi) is 8.19. The van der Waals surface area contributed by atoms with Gasteiger partial charge in [0.15, 0.2) is 6.61 Å². The summed E-state index contributed by atoms with van der Waals surface area (Å²) in [6.07, 6.45) is 1.47. The minimum atomic E-state index is -0.334. The van der Waals surface area contributed by atoms with Crippen LogP contribution in [0, 0.1) is 13.8 Å². The molecule has 0 fully saturated rings. The second kappa shape index (κ2) is 11.1. The molecule has 0 unspecified atom stereocenters. The van der Waals surface area contributed by atoms with E-state index in [1.54, 1.807) is 42.5 Å². The van der Waals surface area contributed by atoms with Crippen LogP contribution in [0.1, 0.15) is 27.0 Å². The smallest absolute Gasteiger partial charge is 0.271 e. The van der Waals surface area contributed by atoms with Gasteiger partial charge in [-0.25, -0.2) is 5.43 Å². The Labute approximate surface area is 203 Å². The molecule has 3 rings (SSSR count). The Balaban J connectivity index is 1.63. The predicted molar refractivity (Wildman–Crippen MR) is 133 cm³/mol. The number of hydrazone groups is 1. The van der Waals surface area contributed by atoms with Crippen LogP contribution in [0.15, 0.2) is 74.7 Å². The SMILES string of the molecule is Cc1cccc(NC(=O)COc2ccc(Br)cc2/C=N/NC(=O)c2ccc(Br)cc2)c1C. The number of rotatable bonds is 7. The molecule has 0 atom stereocenters. The van der Waals surface area contributed by atoms with Gasteiger partial charge in [-0.2, -0.15) is 5.10 Å². The van der Waals surface area contributed by atoms with Crippen molar-refractivity contribution in [1.82, 2.24) is 5.43 Å². The van der Waals surface area contributed by atoms with E-state index >= 15 is 0 Å². The van der Waals surface area contributed by atoms with E-state index in [1.807, 2.05) is 32.0 Å². The summed E-state index contributed by atoms with van der Waals surface area (Å²) in [4.78, 5) is 24.6. The van der Waals surface area contributed by atoms with Crippen molar-refractivity contribution in [3.63, 3.8) is 0 Å². The van der Waals surface area contributed by atoms with Crippen molar-refractivity contribution in [1.29, 1.82) is 0 Å². The van der Waals surface area contributed by atoms with E-state index < -0.39 is 0 Å². The van der Waals surface area contributed by atoms with Crippen molar-refractivity contribution in [2.24, 2.45) is 5.10 Å². The molecule has 6 nitrogen and oxygen atoms in total. The molecule has 0 spiro atoms. The number of nitrogens with one attached hydrogen (secondary N) is 2. The summed E-state index contributed by atoms with van der Waals surface area (Å²) in [6, 6.07) is 18.0. The number of aryl methyl sites for hydroxylation is 1. The predicted octanol–water partition coefficient (Wildman–Crippen LogP) is 5.61. The molecule has 32 heavy (non-hydrogen) atoms. The summed E-state index contributed by atoms with van der Waals surface area (Å²) in [5.74, 6) is -0.141. The first-order valence-electron chi connectivity index (χ1n) is 9.71. The lowest BCUT2D eigenvalue weighted by atomic mass is 10.1. The number of nitrogens with zero attached hydrogens (tertiary/aromatic N) is 1. The van der Waals surface area contributed by atoms with E-state index in [9.17, 15) is 9.59 Å². The first-order valence-corrected chi connectivity index (χ1v) is 11.3. The fourth-order valence-electron chi connectivity index (χ4n) is 2.79. The van der Waals surface area contributed by atoms with Crippen LogP contribution in [0.25, 0.3) is 0 Å². The zero-order chi connectivity index (χ0) is 23.1. The molecular weight excluding hydrogens is 538 g/mol. The molecule has 164 valence electrons. The van der Waals surface area contributed by atoms with Gasteiger partial charge in [-0.1, -0.05) is 44.0 Å². The summed E-state index contributed by atoms with van der Waals surface area (Å²) in [5, 5.41) is 6.89. The van der Waals surface area contributed by atoms with Crippen LogP contribution >= 0.6 is 31.9 Å². The summed E-state index contributed by atoms with van der Waals surface area (Å²) in [5.41, 5.74) is 6.45. The molecule has 2 N–H and O–H groups in total. The molecule has 3 aromatic rings. The van der Waals surface area contributed by atoms with Gasteiger partial charge in [-0.05, 0) is 73.5 Å². The summed E-state index contributed by atoms with van der Waals surface area (Å²) < 4.78 is 7.40. The number of anilines is 1. The van der Waals surface area contributed by atoms with E-state index in [0.29, 0.717) is 16.9 Å². The van der Waals surface area contributed by atoms with Gasteiger partial charge in [0.05, 0.1) is 6.21 Å². The number of benzene rings is 3. The molecule has 0 aliphatic carbocycles. The maximum atomic E-state index is 12.4. The van der Waals surface area contributed by atoms with Crippen LogP contribution in [0.5, 0.6) is 5.75 Å². The Morgan fingerprint density at radius 2 is 1.72 bits per heavy atom. The van der Waals surface area contributed by atoms with Gasteiger partial charge in [0.1, 0.15) is 5.75 Å². The highest BCUT2D eigenvalue weighted by atomic mass is 79.9. The number of hydrogen-bond donors (Lipinski definition) is 2. The van der Waals surface area contributed by atoms with Crippen molar-refractivity contribution < 1.29 is 14.3 Å². The number of carbonyl (C=O) groups is 2. The van der Waals surface area contributed by atoms with Gasteiger partial charge in [0.2, 0.25) is 0 Å². The van der Waals surface area contributed by atoms with Crippen molar-refractivity contribution in [2.75, 3.05) is 11.9 Å². The lowest BCUT2D eigenvalue weighted by Gasteiger charge is -2.12. The maximum absolute atomic E-state index is 12.4. The maximum Gasteiger partial charge on any atom is 0.271 e. The van der Waals surface area contributed by atoms with Crippen LogP contribution in [0.3, 0.4) is 0 Å². The summed E-state index contributed by atoms with van der Waals surface area (Å²) >= 11 is 6.75. The average molecular weight is 559 g/mol. The average Bonchev–Trinajstić information content (AvgIpc) is 2.77. The molecule has 0 saturated carbocycles. The molecule has 8 heteroatoms. The number of carbonyl (C=O) groups excluding carboxylic acids is 2. The highest BCUT2D eigenvalue weighted by Crippen LogP contribution is 2.22. The van der Waals surface area contributed by atoms with Crippen LogP contribution in [0.4, 0.5) is 5.69 Å². The summed E-state index contributed by atoms with van der Waals surface area (Å²) in [7, 11) is 0. The number of halogens is 2. The Bertz CT molecular complexity index is 1160. The zero-order valence-electron chi connectivity index (χ0n) is 17.5. The molecule has 2 amide bonds. The second-order valence-electron chi connectivity index (χ2n) is 6.97. The van der Waals surface area contributed by atoms with Gasteiger partial charge in [-0.15, -0.1) is 0 Å². The third-order valence-corrected chi connectivity index (χ3v) is 5.71. The number of ether oxygens (including phenoxy) is 1. The Morgan fingerprint density at radius 1 is 1.00 bits per heavy atom. The minimum absolute atomic E-state index is 0.166. The second-order valence-corrected chi connectivity index (χ2v) is 8.80. The fourth-order valence-corrected chi connectivity index (χ4v) is 3.44. The minimum Gasteiger partial charge on any atom is -0.483 e. The van der Waals surface area contributed by atoms with Gasteiger partial charge in [-0.3, -0.25) is 9.59 Å². The highest BCUT2D eigenvalue weighted by molar-refractivity contribution is 9.10. The molecule has 0 aliphatic rings. The molecular formula is C24H21Br2N3O3. The Morgan fingerprint density at radius 3 is 2.47 bits per heavy atom. The van der Waals surface area contributed by atoms with Gasteiger partial charge >= 0.3 is 0 Å². The monoisotopic (exact) mass is 557 g/mol. The lowest BCUT2D eigenvalue weighted by Crippen LogP contribution is -2.21. The van der Waals surface area contributed by atoms with Gasteiger partial charge in [0, 0.05) is 25.8 Å². The Hall–Kier alpha value is -2.97. The van der Waals surface area contributed by atoms with Crippen LogP contribution in [0.2, 0.25) is 0 Å². The standard InChI is InChI=1S/C24H21Br2N3O3/c1-15-4-3-5-21(16(15)2)28-23(30)14-32-22-11-10-20(26)12-18(22)13-27-29-24(31)17-6-8-19(25)9-7-17/h3-13H,14H2,1-2H3,(H,28,30)(H,29,31)/b27-13+. The molecule has 3 aromatic carbocycles. The van der Waals surface area contributed by atoms with E-state index in [0.717, 1.165) is 25.8 Å². The van der Waals surface area contributed by atoms with E-state index in [-0.39, 0.29) is 18.4 Å². The van der Waals surface area contributed by atoms with Gasteiger partial charge in [0.25, 0.3) is 11.8 Å². The number of amides is 2.